The zero-order chi connectivity index (χ0) is 16.8. The van der Waals surface area contributed by atoms with Crippen molar-refractivity contribution in [1.82, 2.24) is 0 Å². The Balaban J connectivity index is 1.98. The third kappa shape index (κ3) is 2.93. The minimum Gasteiger partial charge on any atom is -0.481 e. The van der Waals surface area contributed by atoms with Crippen LogP contribution in [0.1, 0.15) is 17.0 Å². The number of halogens is 1. The summed E-state index contributed by atoms with van der Waals surface area (Å²) in [6.45, 7) is 1.87. The van der Waals surface area contributed by atoms with Crippen molar-refractivity contribution in [3.8, 4) is 0 Å². The number of carboxylic acids is 1. The minimum absolute atomic E-state index is 0.180. The molecule has 6 heteroatoms. The van der Waals surface area contributed by atoms with Gasteiger partial charge < -0.3 is 5.11 Å². The van der Waals surface area contributed by atoms with Crippen LogP contribution in [-0.2, 0) is 14.6 Å². The van der Waals surface area contributed by atoms with Crippen molar-refractivity contribution in [2.75, 3.05) is 0 Å². The molecule has 2 aromatic carbocycles. The van der Waals surface area contributed by atoms with E-state index < -0.39 is 32.9 Å². The average Bonchev–Trinajstić information content (AvgIpc) is 3.25. The van der Waals surface area contributed by atoms with Crippen LogP contribution in [0.4, 0.5) is 0 Å². The third-order valence-corrected chi connectivity index (χ3v) is 6.96. The van der Waals surface area contributed by atoms with Gasteiger partial charge >= 0.3 is 5.97 Å². The van der Waals surface area contributed by atoms with Gasteiger partial charge in [-0.3, -0.25) is 4.79 Å². The molecule has 0 radical (unpaired) electrons. The second kappa shape index (κ2) is 5.76. The van der Waals surface area contributed by atoms with E-state index >= 15 is 0 Å². The molecule has 1 fully saturated rings. The molecule has 1 N–H and O–H groups in total. The van der Waals surface area contributed by atoms with Gasteiger partial charge in [0.1, 0.15) is 0 Å². The smallest absolute Gasteiger partial charge is 0.308 e. The van der Waals surface area contributed by atoms with Gasteiger partial charge in [0, 0.05) is 10.4 Å². The lowest BCUT2D eigenvalue weighted by molar-refractivity contribution is -0.138. The maximum atomic E-state index is 12.8. The van der Waals surface area contributed by atoms with Crippen LogP contribution in [0.3, 0.4) is 0 Å². The second-order valence-electron chi connectivity index (χ2n) is 5.76. The Kier molecular flexibility index (Phi) is 4.06. The molecule has 0 bridgehead atoms. The van der Waals surface area contributed by atoms with E-state index in [2.05, 4.69) is 15.9 Å². The van der Waals surface area contributed by atoms with Crippen molar-refractivity contribution in [2.45, 2.75) is 23.0 Å². The fourth-order valence-electron chi connectivity index (χ4n) is 2.93. The Hall–Kier alpha value is -1.66. The van der Waals surface area contributed by atoms with Gasteiger partial charge in [-0.25, -0.2) is 8.42 Å². The normalized spacial score (nSPS) is 23.5. The number of rotatable bonds is 4. The molecule has 0 amide bonds. The van der Waals surface area contributed by atoms with Gasteiger partial charge in [0.05, 0.1) is 16.1 Å². The topological polar surface area (TPSA) is 71.4 Å². The Labute approximate surface area is 143 Å². The maximum absolute atomic E-state index is 12.8. The summed E-state index contributed by atoms with van der Waals surface area (Å²) in [4.78, 5) is 11.7. The van der Waals surface area contributed by atoms with E-state index in [4.69, 9.17) is 0 Å². The number of hydrogen-bond acceptors (Lipinski definition) is 3. The summed E-state index contributed by atoms with van der Waals surface area (Å²) in [6, 6.07) is 13.7. The number of aliphatic carboxylic acids is 1. The van der Waals surface area contributed by atoms with Gasteiger partial charge in [0.15, 0.2) is 9.84 Å². The summed E-state index contributed by atoms with van der Waals surface area (Å²) in [6.07, 6.45) is 0. The average molecular weight is 395 g/mol. The van der Waals surface area contributed by atoms with E-state index in [9.17, 15) is 18.3 Å². The van der Waals surface area contributed by atoms with Crippen molar-refractivity contribution in [1.29, 1.82) is 0 Å². The largest absolute Gasteiger partial charge is 0.481 e. The van der Waals surface area contributed by atoms with Crippen molar-refractivity contribution in [2.24, 2.45) is 5.92 Å². The van der Waals surface area contributed by atoms with Crippen LogP contribution in [0.15, 0.2) is 57.9 Å². The zero-order valence-electron chi connectivity index (χ0n) is 12.3. The van der Waals surface area contributed by atoms with E-state index in [-0.39, 0.29) is 4.90 Å². The number of sulfone groups is 1. The van der Waals surface area contributed by atoms with Gasteiger partial charge in [-0.1, -0.05) is 45.8 Å². The van der Waals surface area contributed by atoms with E-state index in [0.717, 1.165) is 15.6 Å². The van der Waals surface area contributed by atoms with Crippen LogP contribution in [0, 0.1) is 12.8 Å². The van der Waals surface area contributed by atoms with Crippen LogP contribution < -0.4 is 0 Å². The van der Waals surface area contributed by atoms with E-state index in [1.165, 1.54) is 0 Å². The lowest BCUT2D eigenvalue weighted by Gasteiger charge is -2.05. The lowest BCUT2D eigenvalue weighted by Crippen LogP contribution is -2.13. The van der Waals surface area contributed by atoms with Gasteiger partial charge in [-0.15, -0.1) is 0 Å². The Bertz CT molecular complexity index is 841. The van der Waals surface area contributed by atoms with Crippen molar-refractivity contribution in [3.63, 3.8) is 0 Å². The molecular formula is C17H15BrO4S. The highest BCUT2D eigenvalue weighted by molar-refractivity contribution is 9.10. The van der Waals surface area contributed by atoms with Gasteiger partial charge in [0.25, 0.3) is 0 Å². The first-order valence-corrected chi connectivity index (χ1v) is 9.45. The summed E-state index contributed by atoms with van der Waals surface area (Å²) in [5.41, 5.74) is 1.69. The van der Waals surface area contributed by atoms with Crippen LogP contribution in [0.2, 0.25) is 0 Å². The van der Waals surface area contributed by atoms with Crippen molar-refractivity contribution >= 4 is 31.7 Å². The first kappa shape index (κ1) is 16.2. The summed E-state index contributed by atoms with van der Waals surface area (Å²) in [7, 11) is -3.68. The molecule has 0 aliphatic heterocycles. The molecule has 0 spiro atoms. The molecule has 0 saturated heterocycles. The highest BCUT2D eigenvalue weighted by Crippen LogP contribution is 2.54. The number of carboxylic acid groups (broad SMARTS) is 1. The highest BCUT2D eigenvalue weighted by Gasteiger charge is 2.63. The van der Waals surface area contributed by atoms with Crippen molar-refractivity contribution in [3.05, 3.63) is 64.1 Å². The predicted octanol–water partition coefficient (Wildman–Crippen LogP) is 3.40. The molecule has 4 nitrogen and oxygen atoms in total. The van der Waals surface area contributed by atoms with Crippen LogP contribution in [-0.4, -0.2) is 24.7 Å². The van der Waals surface area contributed by atoms with E-state index in [1.807, 2.05) is 6.92 Å². The van der Waals surface area contributed by atoms with Gasteiger partial charge in [-0.05, 0) is 36.8 Å². The van der Waals surface area contributed by atoms with E-state index in [1.54, 1.807) is 48.5 Å². The molecule has 1 aliphatic carbocycles. The molecule has 2 aromatic rings. The van der Waals surface area contributed by atoms with Crippen LogP contribution in [0.5, 0.6) is 0 Å². The molecule has 3 atom stereocenters. The molecule has 0 aromatic heterocycles. The van der Waals surface area contributed by atoms with Crippen LogP contribution in [0.25, 0.3) is 0 Å². The molecule has 23 heavy (non-hydrogen) atoms. The highest BCUT2D eigenvalue weighted by atomic mass is 79.9. The van der Waals surface area contributed by atoms with E-state index in [0.29, 0.717) is 0 Å². The quantitative estimate of drug-likeness (QED) is 0.862. The molecule has 0 unspecified atom stereocenters. The molecule has 3 rings (SSSR count). The van der Waals surface area contributed by atoms with Gasteiger partial charge in [-0.2, -0.15) is 0 Å². The molecule has 1 aliphatic rings. The number of benzene rings is 2. The summed E-state index contributed by atoms with van der Waals surface area (Å²) < 4.78 is 26.5. The molecule has 0 heterocycles. The molecule has 1 saturated carbocycles. The monoisotopic (exact) mass is 394 g/mol. The molecule has 120 valence electrons. The third-order valence-electron chi connectivity index (χ3n) is 4.20. The maximum Gasteiger partial charge on any atom is 0.308 e. The summed E-state index contributed by atoms with van der Waals surface area (Å²) in [5, 5.41) is 8.48. The minimum atomic E-state index is -3.68. The number of hydrogen-bond donors (Lipinski definition) is 1. The summed E-state index contributed by atoms with van der Waals surface area (Å²) >= 11 is 3.32. The first-order chi connectivity index (χ1) is 10.8. The fraction of sp³-hybridized carbons (Fsp3) is 0.235. The fourth-order valence-corrected chi connectivity index (χ4v) is 5.32. The Morgan fingerprint density at radius 2 is 1.61 bits per heavy atom. The molecular weight excluding hydrogens is 380 g/mol. The summed E-state index contributed by atoms with van der Waals surface area (Å²) in [5.74, 6) is -2.48. The van der Waals surface area contributed by atoms with Crippen LogP contribution >= 0.6 is 15.9 Å². The SMILES string of the molecule is Cc1ccc(S(=O)(=O)[C@@H]2[C@H](C(=O)O)[C@@H]2c2ccc(Br)cc2)cc1. The zero-order valence-corrected chi connectivity index (χ0v) is 14.7. The number of carbonyl (C=O) groups is 1. The first-order valence-electron chi connectivity index (χ1n) is 7.11. The van der Waals surface area contributed by atoms with Crippen molar-refractivity contribution < 1.29 is 18.3 Å². The number of aryl methyl sites for hydroxylation is 1. The Morgan fingerprint density at radius 3 is 2.13 bits per heavy atom. The lowest BCUT2D eigenvalue weighted by atomic mass is 10.1. The standard InChI is InChI=1S/C17H15BrO4S/c1-10-2-8-13(9-3-10)23(21,22)16-14(15(16)17(19)20)11-4-6-12(18)7-5-11/h2-9,14-16H,1H3,(H,19,20)/t14-,15+,16-/m0/s1. The Morgan fingerprint density at radius 1 is 1.04 bits per heavy atom. The predicted molar refractivity (Wildman–Crippen MR) is 90.2 cm³/mol. The van der Waals surface area contributed by atoms with Gasteiger partial charge in [0.2, 0.25) is 0 Å². The second-order valence-corrected chi connectivity index (χ2v) is 8.79.